The van der Waals surface area contributed by atoms with Gasteiger partial charge in [-0.2, -0.15) is 0 Å². The molecule has 2 aromatic heterocycles. The molecule has 4 heteroatoms. The molecule has 3 heterocycles. The number of rotatable bonds is 15. The number of nitrogens with zero attached hydrogens (tertiary/aromatic N) is 1. The Morgan fingerprint density at radius 3 is 2.28 bits per heavy atom. The van der Waals surface area contributed by atoms with Crippen molar-refractivity contribution >= 4 is 11.8 Å². The highest BCUT2D eigenvalue weighted by Crippen LogP contribution is 2.30. The van der Waals surface area contributed by atoms with Crippen molar-refractivity contribution in [3.8, 4) is 17.1 Å². The molecule has 32 heavy (non-hydrogen) atoms. The molecule has 1 aliphatic rings. The number of hydrogen-bond acceptors (Lipinski definition) is 2. The van der Waals surface area contributed by atoms with Gasteiger partial charge in [-0.3, -0.25) is 4.99 Å². The van der Waals surface area contributed by atoms with Gasteiger partial charge in [0, 0.05) is 17.5 Å². The molecule has 2 N–H and O–H groups in total. The predicted octanol–water partition coefficient (Wildman–Crippen LogP) is 8.38. The van der Waals surface area contributed by atoms with Gasteiger partial charge >= 0.3 is 0 Å². The zero-order chi connectivity index (χ0) is 22.6. The number of aryl methyl sites for hydroxylation is 1. The number of allylic oxidation sites excluding steroid dienone is 2. The molecule has 0 atom stereocenters. The third-order valence-electron chi connectivity index (χ3n) is 5.94. The van der Waals surface area contributed by atoms with Crippen LogP contribution in [0.1, 0.15) is 95.9 Å². The maximum Gasteiger partial charge on any atom is 0.144 e. The lowest BCUT2D eigenvalue weighted by molar-refractivity contribution is 0.317. The van der Waals surface area contributed by atoms with Crippen LogP contribution < -0.4 is 4.74 Å². The lowest BCUT2D eigenvalue weighted by atomic mass is 10.1. The van der Waals surface area contributed by atoms with Gasteiger partial charge in [0.25, 0.3) is 0 Å². The largest absolute Gasteiger partial charge is 0.491 e. The molecular formula is C28H41N3O. The van der Waals surface area contributed by atoms with Gasteiger partial charge in [0.2, 0.25) is 0 Å². The Labute approximate surface area is 194 Å². The number of aliphatic imine (C=N–C) groups is 1. The number of H-pyrrole nitrogens is 2. The SMILES string of the molecule is CCCCCCCCCCCC1=NC(=Cc2[nH]c(-c3ccc(C)[nH]3)cc2OCCC)C=C1. The van der Waals surface area contributed by atoms with Crippen LogP contribution in [0.3, 0.4) is 0 Å². The zero-order valence-corrected chi connectivity index (χ0v) is 20.3. The Morgan fingerprint density at radius 2 is 1.59 bits per heavy atom. The first-order valence-electron chi connectivity index (χ1n) is 12.7. The summed E-state index contributed by atoms with van der Waals surface area (Å²) in [7, 11) is 0. The van der Waals surface area contributed by atoms with E-state index in [-0.39, 0.29) is 0 Å². The van der Waals surface area contributed by atoms with Gasteiger partial charge in [-0.15, -0.1) is 0 Å². The molecule has 0 bridgehead atoms. The van der Waals surface area contributed by atoms with Crippen molar-refractivity contribution in [3.05, 3.63) is 47.4 Å². The Hall–Kier alpha value is -2.49. The third kappa shape index (κ3) is 7.58. The lowest BCUT2D eigenvalue weighted by Crippen LogP contribution is -1.95. The van der Waals surface area contributed by atoms with Crippen molar-refractivity contribution in [2.45, 2.75) is 91.4 Å². The molecule has 0 fully saturated rings. The molecule has 0 aliphatic carbocycles. The van der Waals surface area contributed by atoms with Crippen molar-refractivity contribution < 1.29 is 4.74 Å². The molecule has 4 nitrogen and oxygen atoms in total. The molecule has 0 saturated carbocycles. The summed E-state index contributed by atoms with van der Waals surface area (Å²) >= 11 is 0. The van der Waals surface area contributed by atoms with E-state index in [1.54, 1.807) is 0 Å². The molecule has 3 rings (SSSR count). The van der Waals surface area contributed by atoms with E-state index in [1.807, 2.05) is 0 Å². The number of aromatic amines is 2. The quantitative estimate of drug-likeness (QED) is 0.271. The molecule has 0 aromatic carbocycles. The summed E-state index contributed by atoms with van der Waals surface area (Å²) in [5.41, 5.74) is 6.43. The van der Waals surface area contributed by atoms with E-state index in [2.05, 4.69) is 67.2 Å². The Balaban J connectivity index is 1.52. The Kier molecular flexibility index (Phi) is 9.93. The molecule has 1 aliphatic heterocycles. The average Bonchev–Trinajstić information content (AvgIpc) is 3.52. The minimum atomic E-state index is 0.709. The molecule has 0 unspecified atom stereocenters. The predicted molar refractivity (Wildman–Crippen MR) is 137 cm³/mol. The van der Waals surface area contributed by atoms with E-state index in [4.69, 9.17) is 9.73 Å². The maximum atomic E-state index is 6.00. The number of nitrogens with one attached hydrogen (secondary N) is 2. The van der Waals surface area contributed by atoms with Gasteiger partial charge in [0.1, 0.15) is 5.75 Å². The molecule has 0 amide bonds. The summed E-state index contributed by atoms with van der Waals surface area (Å²) in [5.74, 6) is 0.887. The topological polar surface area (TPSA) is 53.2 Å². The molecule has 0 radical (unpaired) electrons. The van der Waals surface area contributed by atoms with E-state index in [0.717, 1.165) is 47.1 Å². The fourth-order valence-electron chi connectivity index (χ4n) is 4.10. The first-order valence-corrected chi connectivity index (χ1v) is 12.7. The Morgan fingerprint density at radius 1 is 0.844 bits per heavy atom. The van der Waals surface area contributed by atoms with Crippen molar-refractivity contribution in [2.75, 3.05) is 6.61 Å². The van der Waals surface area contributed by atoms with Crippen LogP contribution in [0, 0.1) is 6.92 Å². The monoisotopic (exact) mass is 435 g/mol. The smallest absolute Gasteiger partial charge is 0.144 e. The van der Waals surface area contributed by atoms with Crippen molar-refractivity contribution in [1.82, 2.24) is 9.97 Å². The summed E-state index contributed by atoms with van der Waals surface area (Å²) in [4.78, 5) is 11.7. The van der Waals surface area contributed by atoms with Gasteiger partial charge in [0.05, 0.1) is 29.4 Å². The Bertz CT molecular complexity index is 913. The van der Waals surface area contributed by atoms with E-state index >= 15 is 0 Å². The van der Waals surface area contributed by atoms with Gasteiger partial charge in [0.15, 0.2) is 0 Å². The first-order chi connectivity index (χ1) is 15.7. The number of hydrogen-bond donors (Lipinski definition) is 2. The van der Waals surface area contributed by atoms with Crippen LogP contribution >= 0.6 is 0 Å². The van der Waals surface area contributed by atoms with Gasteiger partial charge in [-0.1, -0.05) is 65.2 Å². The average molecular weight is 436 g/mol. The second-order valence-electron chi connectivity index (χ2n) is 8.95. The highest BCUT2D eigenvalue weighted by atomic mass is 16.5. The number of unbranched alkanes of at least 4 members (excludes halogenated alkanes) is 8. The minimum absolute atomic E-state index is 0.709. The molecule has 2 aromatic rings. The van der Waals surface area contributed by atoms with Crippen LogP contribution in [0.4, 0.5) is 0 Å². The van der Waals surface area contributed by atoms with Crippen LogP contribution in [0.15, 0.2) is 41.0 Å². The third-order valence-corrected chi connectivity index (χ3v) is 5.94. The van der Waals surface area contributed by atoms with Crippen LogP contribution in [-0.2, 0) is 0 Å². The van der Waals surface area contributed by atoms with Crippen molar-refractivity contribution in [2.24, 2.45) is 4.99 Å². The number of ether oxygens (including phenoxy) is 1. The first kappa shape index (κ1) is 24.2. The van der Waals surface area contributed by atoms with E-state index in [0.29, 0.717) is 6.61 Å². The van der Waals surface area contributed by atoms with Crippen LogP contribution in [0.5, 0.6) is 5.75 Å². The molecule has 0 spiro atoms. The van der Waals surface area contributed by atoms with Crippen molar-refractivity contribution in [1.29, 1.82) is 0 Å². The highest BCUT2D eigenvalue weighted by Gasteiger charge is 2.12. The van der Waals surface area contributed by atoms with Crippen LogP contribution in [-0.4, -0.2) is 22.3 Å². The van der Waals surface area contributed by atoms with E-state index in [9.17, 15) is 0 Å². The zero-order valence-electron chi connectivity index (χ0n) is 20.3. The summed E-state index contributed by atoms with van der Waals surface area (Å²) in [6.45, 7) is 7.18. The molecular weight excluding hydrogens is 394 g/mol. The fraction of sp³-hybridized carbons (Fsp3) is 0.536. The minimum Gasteiger partial charge on any atom is -0.491 e. The second-order valence-corrected chi connectivity index (χ2v) is 8.95. The van der Waals surface area contributed by atoms with Gasteiger partial charge in [-0.05, 0) is 56.5 Å². The number of aromatic nitrogens is 2. The van der Waals surface area contributed by atoms with Gasteiger partial charge < -0.3 is 14.7 Å². The summed E-state index contributed by atoms with van der Waals surface area (Å²) in [5, 5.41) is 0. The van der Waals surface area contributed by atoms with Crippen molar-refractivity contribution in [3.63, 3.8) is 0 Å². The maximum absolute atomic E-state index is 6.00. The summed E-state index contributed by atoms with van der Waals surface area (Å²) < 4.78 is 6.00. The van der Waals surface area contributed by atoms with Gasteiger partial charge in [-0.25, -0.2) is 0 Å². The van der Waals surface area contributed by atoms with Crippen LogP contribution in [0.25, 0.3) is 17.5 Å². The van der Waals surface area contributed by atoms with E-state index in [1.165, 1.54) is 63.5 Å². The standard InChI is InChI=1S/C28H41N3O/c1-4-6-7-8-9-10-11-12-13-14-23-16-17-24(30-23)20-27-28(32-19-5-2)21-26(31-27)25-18-15-22(3)29-25/h15-18,20-21,29,31H,4-14,19H2,1-3H3. The second kappa shape index (κ2) is 13.1. The summed E-state index contributed by atoms with van der Waals surface area (Å²) in [6.07, 6.45) is 20.7. The molecule has 0 saturated heterocycles. The summed E-state index contributed by atoms with van der Waals surface area (Å²) in [6, 6.07) is 6.27. The molecule has 174 valence electrons. The highest BCUT2D eigenvalue weighted by molar-refractivity contribution is 5.99. The normalized spacial score (nSPS) is 14.5. The van der Waals surface area contributed by atoms with E-state index < -0.39 is 0 Å². The van der Waals surface area contributed by atoms with Crippen LogP contribution in [0.2, 0.25) is 0 Å². The fourth-order valence-corrected chi connectivity index (χ4v) is 4.10. The lowest BCUT2D eigenvalue weighted by Gasteiger charge is -2.03.